The maximum absolute atomic E-state index is 12.5. The van der Waals surface area contributed by atoms with Crippen LogP contribution in [0.15, 0.2) is 48.0 Å². The molecule has 0 saturated carbocycles. The summed E-state index contributed by atoms with van der Waals surface area (Å²) < 4.78 is 5.23. The number of anilines is 1. The standard InChI is InChI=1S/C19H19NO2/c1-20(2)16-6-4-13(5-7-16)10-15-11-14-12-17(22-3)8-9-18(14)19(15)21/h4-10,12H,11H2,1-3H3/b15-10-. The zero-order valence-electron chi connectivity index (χ0n) is 13.1. The molecule has 0 unspecified atom stereocenters. The number of nitrogens with zero attached hydrogens (tertiary/aromatic N) is 1. The van der Waals surface area contributed by atoms with Crippen LogP contribution >= 0.6 is 0 Å². The molecular weight excluding hydrogens is 274 g/mol. The second-order valence-electron chi connectivity index (χ2n) is 5.68. The predicted octanol–water partition coefficient (Wildman–Crippen LogP) is 3.58. The molecule has 22 heavy (non-hydrogen) atoms. The molecule has 0 aromatic heterocycles. The average Bonchev–Trinajstić information content (AvgIpc) is 2.83. The summed E-state index contributed by atoms with van der Waals surface area (Å²) in [6.07, 6.45) is 2.65. The normalized spacial score (nSPS) is 15.0. The number of hydrogen-bond donors (Lipinski definition) is 0. The van der Waals surface area contributed by atoms with Crippen molar-refractivity contribution >= 4 is 17.5 Å². The molecule has 0 heterocycles. The molecule has 3 rings (SSSR count). The van der Waals surface area contributed by atoms with Gasteiger partial charge in [-0.3, -0.25) is 4.79 Å². The van der Waals surface area contributed by atoms with Gasteiger partial charge in [0.15, 0.2) is 5.78 Å². The number of benzene rings is 2. The lowest BCUT2D eigenvalue weighted by molar-refractivity contribution is 0.104. The first-order valence-corrected chi connectivity index (χ1v) is 7.28. The van der Waals surface area contributed by atoms with E-state index in [9.17, 15) is 4.79 Å². The van der Waals surface area contributed by atoms with E-state index in [1.54, 1.807) is 7.11 Å². The summed E-state index contributed by atoms with van der Waals surface area (Å²) in [7, 11) is 5.66. The van der Waals surface area contributed by atoms with Crippen molar-refractivity contribution in [2.45, 2.75) is 6.42 Å². The maximum Gasteiger partial charge on any atom is 0.189 e. The molecule has 1 aliphatic rings. The highest BCUT2D eigenvalue weighted by Crippen LogP contribution is 2.30. The van der Waals surface area contributed by atoms with Crippen LogP contribution in [0, 0.1) is 0 Å². The molecule has 0 N–H and O–H groups in total. The Morgan fingerprint density at radius 1 is 1.09 bits per heavy atom. The average molecular weight is 293 g/mol. The first-order valence-electron chi connectivity index (χ1n) is 7.28. The number of Topliss-reactive ketones (excluding diaryl/α,β-unsaturated/α-hetero) is 1. The molecule has 0 bridgehead atoms. The van der Waals surface area contributed by atoms with Gasteiger partial charge in [0, 0.05) is 37.3 Å². The molecule has 3 heteroatoms. The highest BCUT2D eigenvalue weighted by molar-refractivity contribution is 6.15. The quantitative estimate of drug-likeness (QED) is 0.810. The van der Waals surface area contributed by atoms with Crippen LogP contribution in [0.5, 0.6) is 5.75 Å². The van der Waals surface area contributed by atoms with Crippen molar-refractivity contribution in [2.75, 3.05) is 26.1 Å². The van der Waals surface area contributed by atoms with Gasteiger partial charge < -0.3 is 9.64 Å². The van der Waals surface area contributed by atoms with Gasteiger partial charge in [-0.15, -0.1) is 0 Å². The van der Waals surface area contributed by atoms with E-state index in [1.165, 1.54) is 0 Å². The lowest BCUT2D eigenvalue weighted by Gasteiger charge is -2.11. The summed E-state index contributed by atoms with van der Waals surface area (Å²) >= 11 is 0. The van der Waals surface area contributed by atoms with Crippen molar-refractivity contribution in [2.24, 2.45) is 0 Å². The molecule has 1 aliphatic carbocycles. The highest BCUT2D eigenvalue weighted by atomic mass is 16.5. The van der Waals surface area contributed by atoms with Crippen molar-refractivity contribution in [1.29, 1.82) is 0 Å². The van der Waals surface area contributed by atoms with Crippen molar-refractivity contribution in [3.8, 4) is 5.75 Å². The fourth-order valence-electron chi connectivity index (χ4n) is 2.71. The first kappa shape index (κ1) is 14.4. The van der Waals surface area contributed by atoms with Crippen molar-refractivity contribution in [3.63, 3.8) is 0 Å². The number of carbonyl (C=O) groups excluding carboxylic acids is 1. The first-order chi connectivity index (χ1) is 10.6. The molecule has 0 amide bonds. The van der Waals surface area contributed by atoms with Gasteiger partial charge in [0.1, 0.15) is 5.75 Å². The Balaban J connectivity index is 1.88. The van der Waals surface area contributed by atoms with Gasteiger partial charge >= 0.3 is 0 Å². The minimum Gasteiger partial charge on any atom is -0.497 e. The Morgan fingerprint density at radius 2 is 1.82 bits per heavy atom. The molecule has 0 fully saturated rings. The van der Waals surface area contributed by atoms with Crippen molar-refractivity contribution in [1.82, 2.24) is 0 Å². The Kier molecular flexibility index (Phi) is 3.72. The molecule has 0 saturated heterocycles. The number of hydrogen-bond acceptors (Lipinski definition) is 3. The number of fused-ring (bicyclic) bond motifs is 1. The summed E-state index contributed by atoms with van der Waals surface area (Å²) in [6.45, 7) is 0. The topological polar surface area (TPSA) is 29.5 Å². The van der Waals surface area contributed by atoms with E-state index in [4.69, 9.17) is 4.74 Å². The Bertz CT molecular complexity index is 743. The number of ketones is 1. The van der Waals surface area contributed by atoms with Crippen LogP contribution in [0.25, 0.3) is 6.08 Å². The number of carbonyl (C=O) groups is 1. The number of allylic oxidation sites excluding steroid dienone is 1. The van der Waals surface area contributed by atoms with Gasteiger partial charge in [-0.05, 0) is 47.5 Å². The molecule has 0 spiro atoms. The monoisotopic (exact) mass is 293 g/mol. The SMILES string of the molecule is COc1ccc2c(c1)C/C(=C/c1ccc(N(C)C)cc1)C2=O. The van der Waals surface area contributed by atoms with Crippen LogP contribution < -0.4 is 9.64 Å². The van der Waals surface area contributed by atoms with E-state index in [2.05, 4.69) is 17.0 Å². The molecular formula is C19H19NO2. The number of rotatable bonds is 3. The molecule has 2 aromatic rings. The minimum absolute atomic E-state index is 0.120. The van der Waals surface area contributed by atoms with E-state index >= 15 is 0 Å². The van der Waals surface area contributed by atoms with Crippen LogP contribution in [-0.2, 0) is 6.42 Å². The summed E-state index contributed by atoms with van der Waals surface area (Å²) in [4.78, 5) is 14.5. The maximum atomic E-state index is 12.5. The second-order valence-corrected chi connectivity index (χ2v) is 5.68. The summed E-state index contributed by atoms with van der Waals surface area (Å²) in [6, 6.07) is 13.8. The van der Waals surface area contributed by atoms with E-state index in [1.807, 2.05) is 50.5 Å². The third kappa shape index (κ3) is 2.62. The van der Waals surface area contributed by atoms with Crippen LogP contribution in [0.4, 0.5) is 5.69 Å². The van der Waals surface area contributed by atoms with Gasteiger partial charge in [-0.2, -0.15) is 0 Å². The van der Waals surface area contributed by atoms with Crippen LogP contribution in [0.3, 0.4) is 0 Å². The molecule has 2 aromatic carbocycles. The Labute approximate surface area is 130 Å². The van der Waals surface area contributed by atoms with Crippen LogP contribution in [0.2, 0.25) is 0 Å². The van der Waals surface area contributed by atoms with Gasteiger partial charge in [0.25, 0.3) is 0 Å². The summed E-state index contributed by atoms with van der Waals surface area (Å²) in [5, 5.41) is 0. The molecule has 0 atom stereocenters. The second kappa shape index (κ2) is 5.68. The summed E-state index contributed by atoms with van der Waals surface area (Å²) in [5.74, 6) is 0.914. The summed E-state index contributed by atoms with van der Waals surface area (Å²) in [5.41, 5.74) is 4.86. The fourth-order valence-corrected chi connectivity index (χ4v) is 2.71. The number of ether oxygens (including phenoxy) is 1. The van der Waals surface area contributed by atoms with Crippen molar-refractivity contribution < 1.29 is 9.53 Å². The molecule has 3 nitrogen and oxygen atoms in total. The van der Waals surface area contributed by atoms with E-state index in [0.29, 0.717) is 6.42 Å². The molecule has 112 valence electrons. The van der Waals surface area contributed by atoms with Crippen molar-refractivity contribution in [3.05, 3.63) is 64.7 Å². The fraction of sp³-hybridized carbons (Fsp3) is 0.211. The Morgan fingerprint density at radius 3 is 2.45 bits per heavy atom. The zero-order chi connectivity index (χ0) is 15.7. The van der Waals surface area contributed by atoms with E-state index in [0.717, 1.165) is 33.7 Å². The largest absolute Gasteiger partial charge is 0.497 e. The third-order valence-corrected chi connectivity index (χ3v) is 3.98. The van der Waals surface area contributed by atoms with Gasteiger partial charge in [-0.1, -0.05) is 12.1 Å². The molecule has 0 aliphatic heterocycles. The minimum atomic E-state index is 0.120. The van der Waals surface area contributed by atoms with Gasteiger partial charge in [-0.25, -0.2) is 0 Å². The van der Waals surface area contributed by atoms with E-state index < -0.39 is 0 Å². The predicted molar refractivity (Wildman–Crippen MR) is 89.8 cm³/mol. The molecule has 0 radical (unpaired) electrons. The highest BCUT2D eigenvalue weighted by Gasteiger charge is 2.24. The smallest absolute Gasteiger partial charge is 0.189 e. The lowest BCUT2D eigenvalue weighted by Crippen LogP contribution is -2.07. The zero-order valence-corrected chi connectivity index (χ0v) is 13.1. The lowest BCUT2D eigenvalue weighted by atomic mass is 10.1. The van der Waals surface area contributed by atoms with Gasteiger partial charge in [0.2, 0.25) is 0 Å². The van der Waals surface area contributed by atoms with Crippen LogP contribution in [-0.4, -0.2) is 27.0 Å². The van der Waals surface area contributed by atoms with Gasteiger partial charge in [0.05, 0.1) is 7.11 Å². The Hall–Kier alpha value is -2.55. The third-order valence-electron chi connectivity index (χ3n) is 3.98. The van der Waals surface area contributed by atoms with E-state index in [-0.39, 0.29) is 5.78 Å². The number of methoxy groups -OCH3 is 1. The van der Waals surface area contributed by atoms with Crippen LogP contribution in [0.1, 0.15) is 21.5 Å².